The molecule has 1 aliphatic rings. The maximum atomic E-state index is 6.10. The van der Waals surface area contributed by atoms with Crippen LogP contribution in [0.5, 0.6) is 11.5 Å². The number of nitrogens with one attached hydrogen (secondary N) is 1. The fraction of sp³-hybridized carbons (Fsp3) is 0.333. The second-order valence-corrected chi connectivity index (χ2v) is 5.24. The van der Waals surface area contributed by atoms with E-state index in [1.807, 2.05) is 38.2 Å². The van der Waals surface area contributed by atoms with Gasteiger partial charge in [0.05, 0.1) is 12.6 Å². The van der Waals surface area contributed by atoms with E-state index in [1.165, 1.54) is 11.1 Å². The molecule has 2 aromatic carbocycles. The van der Waals surface area contributed by atoms with Crippen molar-refractivity contribution in [2.24, 2.45) is 0 Å². The fourth-order valence-electron chi connectivity index (χ4n) is 2.90. The Balaban J connectivity index is 1.77. The maximum absolute atomic E-state index is 6.10. The lowest BCUT2D eigenvalue weighted by molar-refractivity contribution is 0.183. The third-order valence-electron chi connectivity index (χ3n) is 3.91. The van der Waals surface area contributed by atoms with E-state index in [4.69, 9.17) is 9.47 Å². The summed E-state index contributed by atoms with van der Waals surface area (Å²) in [6.07, 6.45) is 1.07. The van der Waals surface area contributed by atoms with Crippen molar-refractivity contribution in [3.05, 3.63) is 59.7 Å². The van der Waals surface area contributed by atoms with Gasteiger partial charge in [0.25, 0.3) is 0 Å². The molecule has 0 spiro atoms. The SMILES string of the molecule is CCOc1ccc(C(NC)C2Cc3ccccc3O2)cc1. The molecule has 3 rings (SSSR count). The predicted molar refractivity (Wildman–Crippen MR) is 84.0 cm³/mol. The highest BCUT2D eigenvalue weighted by Gasteiger charge is 2.30. The van der Waals surface area contributed by atoms with Crippen molar-refractivity contribution in [1.29, 1.82) is 0 Å². The van der Waals surface area contributed by atoms with Crippen LogP contribution in [0.3, 0.4) is 0 Å². The van der Waals surface area contributed by atoms with Crippen LogP contribution in [-0.4, -0.2) is 19.8 Å². The number of hydrogen-bond acceptors (Lipinski definition) is 3. The molecule has 0 saturated carbocycles. The number of para-hydroxylation sites is 1. The Labute approximate surface area is 125 Å². The molecular weight excluding hydrogens is 262 g/mol. The second kappa shape index (κ2) is 6.19. The summed E-state index contributed by atoms with van der Waals surface area (Å²) >= 11 is 0. The van der Waals surface area contributed by atoms with Crippen molar-refractivity contribution in [3.8, 4) is 11.5 Å². The number of ether oxygens (including phenoxy) is 2. The van der Waals surface area contributed by atoms with Crippen LogP contribution in [0.2, 0.25) is 0 Å². The molecule has 0 aliphatic carbocycles. The highest BCUT2D eigenvalue weighted by atomic mass is 16.5. The van der Waals surface area contributed by atoms with E-state index in [2.05, 4.69) is 29.6 Å². The molecule has 0 saturated heterocycles. The average Bonchev–Trinajstić information content (AvgIpc) is 2.93. The molecule has 0 fully saturated rings. The molecule has 2 unspecified atom stereocenters. The molecular formula is C18H21NO2. The van der Waals surface area contributed by atoms with Crippen molar-refractivity contribution in [2.75, 3.05) is 13.7 Å². The van der Waals surface area contributed by atoms with Crippen molar-refractivity contribution in [3.63, 3.8) is 0 Å². The summed E-state index contributed by atoms with van der Waals surface area (Å²) in [5.41, 5.74) is 2.51. The molecule has 1 aliphatic heterocycles. The van der Waals surface area contributed by atoms with Crippen LogP contribution >= 0.6 is 0 Å². The topological polar surface area (TPSA) is 30.5 Å². The second-order valence-electron chi connectivity index (χ2n) is 5.24. The lowest BCUT2D eigenvalue weighted by Crippen LogP contribution is -2.32. The molecule has 0 radical (unpaired) electrons. The Hall–Kier alpha value is -2.00. The molecule has 2 aromatic rings. The number of fused-ring (bicyclic) bond motifs is 1. The van der Waals surface area contributed by atoms with Gasteiger partial charge < -0.3 is 14.8 Å². The Morgan fingerprint density at radius 2 is 1.95 bits per heavy atom. The van der Waals surface area contributed by atoms with Gasteiger partial charge in [-0.3, -0.25) is 0 Å². The molecule has 0 aromatic heterocycles. The van der Waals surface area contributed by atoms with Crippen LogP contribution in [0.4, 0.5) is 0 Å². The minimum absolute atomic E-state index is 0.130. The van der Waals surface area contributed by atoms with Gasteiger partial charge in [-0.25, -0.2) is 0 Å². The molecule has 110 valence electrons. The van der Waals surface area contributed by atoms with E-state index in [9.17, 15) is 0 Å². The lowest BCUT2D eigenvalue weighted by Gasteiger charge is -2.23. The standard InChI is InChI=1S/C18H21NO2/c1-3-20-15-10-8-13(9-11-15)18(19-2)17-12-14-6-4-5-7-16(14)21-17/h4-11,17-19H,3,12H2,1-2H3. The molecule has 0 bridgehead atoms. The highest BCUT2D eigenvalue weighted by molar-refractivity contribution is 5.39. The summed E-state index contributed by atoms with van der Waals surface area (Å²) in [4.78, 5) is 0. The van der Waals surface area contributed by atoms with Gasteiger partial charge >= 0.3 is 0 Å². The van der Waals surface area contributed by atoms with E-state index < -0.39 is 0 Å². The highest BCUT2D eigenvalue weighted by Crippen LogP contribution is 2.34. The zero-order valence-corrected chi connectivity index (χ0v) is 12.5. The Morgan fingerprint density at radius 3 is 2.62 bits per heavy atom. The summed E-state index contributed by atoms with van der Waals surface area (Å²) < 4.78 is 11.6. The first-order valence-electron chi connectivity index (χ1n) is 7.46. The molecule has 3 nitrogen and oxygen atoms in total. The molecule has 1 N–H and O–H groups in total. The third kappa shape index (κ3) is 2.88. The minimum Gasteiger partial charge on any atom is -0.494 e. The van der Waals surface area contributed by atoms with Crippen LogP contribution in [0, 0.1) is 0 Å². The third-order valence-corrected chi connectivity index (χ3v) is 3.91. The van der Waals surface area contributed by atoms with Crippen LogP contribution < -0.4 is 14.8 Å². The van der Waals surface area contributed by atoms with Crippen molar-refractivity contribution < 1.29 is 9.47 Å². The molecule has 21 heavy (non-hydrogen) atoms. The minimum atomic E-state index is 0.130. The fourth-order valence-corrected chi connectivity index (χ4v) is 2.90. The van der Waals surface area contributed by atoms with E-state index in [0.717, 1.165) is 17.9 Å². The van der Waals surface area contributed by atoms with Crippen molar-refractivity contribution in [1.82, 2.24) is 5.32 Å². The van der Waals surface area contributed by atoms with Gasteiger partial charge in [0.15, 0.2) is 0 Å². The smallest absolute Gasteiger partial charge is 0.123 e. The molecule has 2 atom stereocenters. The van der Waals surface area contributed by atoms with Crippen LogP contribution in [-0.2, 0) is 6.42 Å². The van der Waals surface area contributed by atoms with E-state index in [0.29, 0.717) is 6.61 Å². The Bertz CT molecular complexity index is 569. The number of rotatable bonds is 5. The predicted octanol–water partition coefficient (Wildman–Crippen LogP) is 3.35. The first-order valence-corrected chi connectivity index (χ1v) is 7.46. The monoisotopic (exact) mass is 283 g/mol. The Morgan fingerprint density at radius 1 is 1.19 bits per heavy atom. The lowest BCUT2D eigenvalue weighted by atomic mass is 9.98. The molecule has 3 heteroatoms. The largest absolute Gasteiger partial charge is 0.494 e. The molecule has 0 amide bonds. The van der Waals surface area contributed by atoms with Gasteiger partial charge in [-0.1, -0.05) is 30.3 Å². The van der Waals surface area contributed by atoms with E-state index in [1.54, 1.807) is 0 Å². The average molecular weight is 283 g/mol. The van der Waals surface area contributed by atoms with Crippen LogP contribution in [0.1, 0.15) is 24.1 Å². The zero-order valence-electron chi connectivity index (χ0n) is 12.5. The van der Waals surface area contributed by atoms with Gasteiger partial charge in [0.1, 0.15) is 17.6 Å². The first kappa shape index (κ1) is 14.0. The van der Waals surface area contributed by atoms with Crippen molar-refractivity contribution >= 4 is 0 Å². The number of likely N-dealkylation sites (N-methyl/N-ethyl adjacent to an activating group) is 1. The first-order chi connectivity index (χ1) is 10.3. The summed E-state index contributed by atoms with van der Waals surface area (Å²) in [6.45, 7) is 2.68. The molecule has 1 heterocycles. The van der Waals surface area contributed by atoms with E-state index >= 15 is 0 Å². The summed E-state index contributed by atoms with van der Waals surface area (Å²) in [6, 6.07) is 16.7. The van der Waals surface area contributed by atoms with Gasteiger partial charge in [-0.15, -0.1) is 0 Å². The summed E-state index contributed by atoms with van der Waals surface area (Å²) in [5.74, 6) is 1.92. The van der Waals surface area contributed by atoms with Crippen molar-refractivity contribution in [2.45, 2.75) is 25.5 Å². The van der Waals surface area contributed by atoms with E-state index in [-0.39, 0.29) is 12.1 Å². The van der Waals surface area contributed by atoms with Gasteiger partial charge in [0, 0.05) is 6.42 Å². The Kier molecular flexibility index (Phi) is 4.11. The van der Waals surface area contributed by atoms with Gasteiger partial charge in [-0.05, 0) is 43.3 Å². The normalized spacial score (nSPS) is 17.9. The number of benzene rings is 2. The van der Waals surface area contributed by atoms with Crippen LogP contribution in [0.15, 0.2) is 48.5 Å². The van der Waals surface area contributed by atoms with Gasteiger partial charge in [0.2, 0.25) is 0 Å². The zero-order chi connectivity index (χ0) is 14.7. The summed E-state index contributed by atoms with van der Waals surface area (Å²) in [7, 11) is 1.98. The van der Waals surface area contributed by atoms with Crippen LogP contribution in [0.25, 0.3) is 0 Å². The number of hydrogen-bond donors (Lipinski definition) is 1. The maximum Gasteiger partial charge on any atom is 0.123 e. The summed E-state index contributed by atoms with van der Waals surface area (Å²) in [5, 5.41) is 3.38. The quantitative estimate of drug-likeness (QED) is 0.913. The van der Waals surface area contributed by atoms with Gasteiger partial charge in [-0.2, -0.15) is 0 Å².